The Bertz CT molecular complexity index is 1480. The van der Waals surface area contributed by atoms with Crippen molar-refractivity contribution in [2.24, 2.45) is 5.92 Å². The van der Waals surface area contributed by atoms with E-state index in [0.717, 1.165) is 17.7 Å². The van der Waals surface area contributed by atoms with Gasteiger partial charge in [0.1, 0.15) is 4.88 Å². The van der Waals surface area contributed by atoms with Gasteiger partial charge in [-0.3, -0.25) is 0 Å². The van der Waals surface area contributed by atoms with Crippen LogP contribution < -0.4 is 0 Å². The van der Waals surface area contributed by atoms with Crippen molar-refractivity contribution in [2.75, 3.05) is 6.61 Å². The Morgan fingerprint density at radius 1 is 0.681 bits per heavy atom. The van der Waals surface area contributed by atoms with Gasteiger partial charge in [-0.2, -0.15) is 0 Å². The highest BCUT2D eigenvalue weighted by atomic mass is 79.9. The highest BCUT2D eigenvalue weighted by molar-refractivity contribution is 9.11. The molecule has 2 bridgehead atoms. The molecule has 0 saturated heterocycles. The molecule has 47 heavy (non-hydrogen) atoms. The van der Waals surface area contributed by atoms with Crippen molar-refractivity contribution < 1.29 is 9.53 Å². The van der Waals surface area contributed by atoms with Crippen LogP contribution in [-0.2, 0) is 4.74 Å². The van der Waals surface area contributed by atoms with Gasteiger partial charge in [0, 0.05) is 16.2 Å². The number of hydrogen-bond donors (Lipinski definition) is 0. The molecule has 5 heterocycles. The van der Waals surface area contributed by atoms with E-state index in [0.29, 0.717) is 18.4 Å². The van der Waals surface area contributed by atoms with E-state index >= 15 is 0 Å². The molecule has 0 aromatic carbocycles. The first-order chi connectivity index (χ1) is 22.9. The number of fused-ring (bicyclic) bond motifs is 9. The molecule has 0 N–H and O–H groups in total. The first kappa shape index (κ1) is 37.7. The largest absolute Gasteiger partial charge is 0.461 e. The third-order valence-electron chi connectivity index (χ3n) is 9.80. The standard InChI is InChI=1S/C39H52Br2O2S4/c1-4-7-9-10-11-12-13-14-15-16-17-18-19-21-27-28-23-32(40)45-34(28)36-30-22-31(39(42)43-25-26(6-3)20-8-5-2)44-37(30)38(47-36)35-29(27)24-33(41)46-35/h22-24,26-27H,4-21,25H2,1-3H3. The van der Waals surface area contributed by atoms with Crippen LogP contribution in [0.5, 0.6) is 0 Å². The predicted octanol–water partition coefficient (Wildman–Crippen LogP) is 16.2. The Morgan fingerprint density at radius 3 is 1.81 bits per heavy atom. The Labute approximate surface area is 316 Å². The second-order valence-electron chi connectivity index (χ2n) is 13.4. The maximum absolute atomic E-state index is 13.3. The minimum absolute atomic E-state index is 0.166. The highest BCUT2D eigenvalue weighted by Crippen LogP contribution is 2.58. The van der Waals surface area contributed by atoms with Gasteiger partial charge < -0.3 is 4.74 Å². The van der Waals surface area contributed by atoms with Crippen LogP contribution in [0, 0.1) is 5.92 Å². The lowest BCUT2D eigenvalue weighted by molar-refractivity contribution is 0.0434. The lowest BCUT2D eigenvalue weighted by Crippen LogP contribution is -2.13. The van der Waals surface area contributed by atoms with Crippen LogP contribution in [0.1, 0.15) is 163 Å². The van der Waals surface area contributed by atoms with Gasteiger partial charge in [-0.05, 0) is 79.9 Å². The second-order valence-corrected chi connectivity index (χ2v) is 20.3. The maximum atomic E-state index is 13.3. The van der Waals surface area contributed by atoms with Gasteiger partial charge in [-0.25, -0.2) is 4.79 Å². The smallest absolute Gasteiger partial charge is 0.348 e. The van der Waals surface area contributed by atoms with E-state index < -0.39 is 0 Å². The lowest BCUT2D eigenvalue weighted by atomic mass is 9.86. The van der Waals surface area contributed by atoms with E-state index in [1.807, 2.05) is 34.0 Å². The Kier molecular flexibility index (Phi) is 15.4. The van der Waals surface area contributed by atoms with E-state index in [1.54, 1.807) is 11.3 Å². The number of carbonyl (C=O) groups is 1. The first-order valence-electron chi connectivity index (χ1n) is 18.3. The molecular formula is C39H52Br2O2S4. The van der Waals surface area contributed by atoms with Crippen molar-refractivity contribution in [3.05, 3.63) is 41.8 Å². The Morgan fingerprint density at radius 2 is 1.23 bits per heavy atom. The number of rotatable bonds is 21. The molecule has 0 spiro atoms. The van der Waals surface area contributed by atoms with Crippen LogP contribution in [-0.4, -0.2) is 12.6 Å². The van der Waals surface area contributed by atoms with Crippen LogP contribution in [0.4, 0.5) is 0 Å². The summed E-state index contributed by atoms with van der Waals surface area (Å²) in [5.41, 5.74) is 2.89. The summed E-state index contributed by atoms with van der Waals surface area (Å²) in [6.07, 6.45) is 23.7. The normalized spacial score (nSPS) is 14.6. The summed E-state index contributed by atoms with van der Waals surface area (Å²) in [4.78, 5) is 19.4. The number of halogens is 2. The molecule has 0 amide bonds. The number of carbonyl (C=O) groups excluding carboxylic acids is 1. The van der Waals surface area contributed by atoms with E-state index in [2.05, 4.69) is 70.8 Å². The van der Waals surface area contributed by atoms with Crippen molar-refractivity contribution in [3.8, 4) is 19.5 Å². The molecule has 0 saturated carbocycles. The molecule has 4 aromatic heterocycles. The summed E-state index contributed by atoms with van der Waals surface area (Å²) in [5.74, 6) is 0.664. The van der Waals surface area contributed by atoms with Gasteiger partial charge in [-0.1, -0.05) is 124 Å². The first-order valence-corrected chi connectivity index (χ1v) is 23.1. The molecule has 4 aromatic rings. The molecule has 2 atom stereocenters. The molecular weight excluding hydrogens is 789 g/mol. The Hall–Kier alpha value is -0.510. The fourth-order valence-corrected chi connectivity index (χ4v) is 13.2. The van der Waals surface area contributed by atoms with Crippen molar-refractivity contribution in [1.82, 2.24) is 0 Å². The fraction of sp³-hybridized carbons (Fsp3) is 0.615. The molecule has 258 valence electrons. The van der Waals surface area contributed by atoms with Gasteiger partial charge in [0.25, 0.3) is 0 Å². The molecule has 0 aliphatic carbocycles. The summed E-state index contributed by atoms with van der Waals surface area (Å²) in [5, 5.41) is 1.22. The van der Waals surface area contributed by atoms with Crippen LogP contribution >= 0.6 is 77.2 Å². The highest BCUT2D eigenvalue weighted by Gasteiger charge is 2.33. The number of ether oxygens (including phenoxy) is 1. The summed E-state index contributed by atoms with van der Waals surface area (Å²) in [6, 6.07) is 6.88. The number of thiophene rings is 4. The van der Waals surface area contributed by atoms with E-state index in [1.165, 1.54) is 151 Å². The molecule has 0 radical (unpaired) electrons. The molecule has 8 heteroatoms. The van der Waals surface area contributed by atoms with E-state index in [9.17, 15) is 4.79 Å². The molecule has 2 nitrogen and oxygen atoms in total. The van der Waals surface area contributed by atoms with E-state index in [-0.39, 0.29) is 5.97 Å². The average Bonchev–Trinajstić information content (AvgIpc) is 3.83. The van der Waals surface area contributed by atoms with Crippen LogP contribution in [0.2, 0.25) is 0 Å². The minimum Gasteiger partial charge on any atom is -0.461 e. The van der Waals surface area contributed by atoms with Crippen LogP contribution in [0.15, 0.2) is 25.8 Å². The Balaban J connectivity index is 1.26. The summed E-state index contributed by atoms with van der Waals surface area (Å²) in [6.45, 7) is 7.23. The summed E-state index contributed by atoms with van der Waals surface area (Å²) in [7, 11) is 0. The predicted molar refractivity (Wildman–Crippen MR) is 217 cm³/mol. The topological polar surface area (TPSA) is 26.3 Å². The molecule has 0 fully saturated rings. The molecule has 1 aliphatic rings. The van der Waals surface area contributed by atoms with E-state index in [4.69, 9.17) is 4.74 Å². The third-order valence-corrected chi connectivity index (χ3v) is 15.9. The number of hydrogen-bond acceptors (Lipinski definition) is 6. The van der Waals surface area contributed by atoms with Crippen molar-refractivity contribution in [2.45, 2.75) is 142 Å². The quantitative estimate of drug-likeness (QED) is 0.0617. The van der Waals surface area contributed by atoms with Gasteiger partial charge >= 0.3 is 5.97 Å². The number of unbranched alkanes of at least 4 members (excludes halogenated alkanes) is 13. The van der Waals surface area contributed by atoms with Crippen molar-refractivity contribution in [3.63, 3.8) is 0 Å². The van der Waals surface area contributed by atoms with Crippen LogP contribution in [0.25, 0.3) is 29.6 Å². The van der Waals surface area contributed by atoms with Crippen LogP contribution in [0.3, 0.4) is 0 Å². The lowest BCUT2D eigenvalue weighted by Gasteiger charge is -2.20. The van der Waals surface area contributed by atoms with Gasteiger partial charge in [0.15, 0.2) is 0 Å². The van der Waals surface area contributed by atoms with Gasteiger partial charge in [0.2, 0.25) is 0 Å². The zero-order valence-electron chi connectivity index (χ0n) is 28.5. The zero-order chi connectivity index (χ0) is 33.2. The molecule has 5 rings (SSSR count). The molecule has 1 aliphatic heterocycles. The molecule has 2 unspecified atom stereocenters. The second kappa shape index (κ2) is 19.2. The number of esters is 1. The summed E-state index contributed by atoms with van der Waals surface area (Å²) < 4.78 is 9.52. The minimum atomic E-state index is -0.166. The summed E-state index contributed by atoms with van der Waals surface area (Å²) >= 11 is 15.0. The SMILES string of the molecule is CCCCCCCCCCCCCCCC1c2cc(Br)sc2-c2sc(c3sc(C(=O)OCC(CC)CCCC)cc23)-c2sc(Br)cc21. The zero-order valence-corrected chi connectivity index (χ0v) is 35.0. The monoisotopic (exact) mass is 838 g/mol. The van der Waals surface area contributed by atoms with Gasteiger partial charge in [-0.15, -0.1) is 45.3 Å². The average molecular weight is 841 g/mol. The fourth-order valence-electron chi connectivity index (χ4n) is 6.98. The third kappa shape index (κ3) is 9.84. The van der Waals surface area contributed by atoms with Crippen molar-refractivity contribution >= 4 is 93.3 Å². The maximum Gasteiger partial charge on any atom is 0.348 e. The van der Waals surface area contributed by atoms with Gasteiger partial charge in [0.05, 0.1) is 33.5 Å². The van der Waals surface area contributed by atoms with Crippen molar-refractivity contribution in [1.29, 1.82) is 0 Å².